The Morgan fingerprint density at radius 1 is 1.29 bits per heavy atom. The van der Waals surface area contributed by atoms with Gasteiger partial charge in [-0.15, -0.1) is 0 Å². The average Bonchev–Trinajstić information content (AvgIpc) is 3.11. The molecule has 1 N–H and O–H groups in total. The van der Waals surface area contributed by atoms with Gasteiger partial charge in [0, 0.05) is 36.3 Å². The minimum absolute atomic E-state index is 0.00681. The molecule has 1 saturated heterocycles. The van der Waals surface area contributed by atoms with Gasteiger partial charge in [-0.3, -0.25) is 4.79 Å². The Kier molecular flexibility index (Phi) is 6.01. The SMILES string of the molecule is CCCc1cnc(C)nc1N1CCC(n2nccc2NC(=O)C(C)(C)C)CC1. The van der Waals surface area contributed by atoms with E-state index < -0.39 is 5.41 Å². The summed E-state index contributed by atoms with van der Waals surface area (Å²) < 4.78 is 1.97. The molecule has 0 aromatic carbocycles. The quantitative estimate of drug-likeness (QED) is 0.849. The molecule has 28 heavy (non-hydrogen) atoms. The van der Waals surface area contributed by atoms with Crippen molar-refractivity contribution < 1.29 is 4.79 Å². The van der Waals surface area contributed by atoms with Crippen LogP contribution in [0.5, 0.6) is 0 Å². The van der Waals surface area contributed by atoms with Crippen molar-refractivity contribution in [2.24, 2.45) is 5.41 Å². The number of aryl methyl sites for hydroxylation is 2. The van der Waals surface area contributed by atoms with E-state index >= 15 is 0 Å². The molecule has 0 atom stereocenters. The lowest BCUT2D eigenvalue weighted by atomic mass is 9.96. The second kappa shape index (κ2) is 8.29. The van der Waals surface area contributed by atoms with Crippen LogP contribution in [0.3, 0.4) is 0 Å². The van der Waals surface area contributed by atoms with Gasteiger partial charge in [0.25, 0.3) is 0 Å². The maximum absolute atomic E-state index is 12.4. The summed E-state index contributed by atoms with van der Waals surface area (Å²) in [5.74, 6) is 2.68. The standard InChI is InChI=1S/C21H32N6O/c1-6-7-16-14-22-15(2)24-19(16)26-12-9-17(10-13-26)27-18(8-11-23-27)25-20(28)21(3,4)5/h8,11,14,17H,6-7,9-10,12-13H2,1-5H3,(H,25,28). The van der Waals surface area contributed by atoms with Gasteiger partial charge < -0.3 is 10.2 Å². The number of rotatable bonds is 5. The first-order valence-corrected chi connectivity index (χ1v) is 10.2. The van der Waals surface area contributed by atoms with Gasteiger partial charge in [-0.05, 0) is 26.2 Å². The molecule has 7 heteroatoms. The zero-order chi connectivity index (χ0) is 20.3. The highest BCUT2D eigenvalue weighted by Gasteiger charge is 2.27. The van der Waals surface area contributed by atoms with Crippen molar-refractivity contribution in [1.29, 1.82) is 0 Å². The number of aromatic nitrogens is 4. The van der Waals surface area contributed by atoms with Crippen molar-refractivity contribution in [1.82, 2.24) is 19.7 Å². The monoisotopic (exact) mass is 384 g/mol. The van der Waals surface area contributed by atoms with Gasteiger partial charge in [0.2, 0.25) is 5.91 Å². The molecule has 0 bridgehead atoms. The van der Waals surface area contributed by atoms with Crippen LogP contribution < -0.4 is 10.2 Å². The fourth-order valence-corrected chi connectivity index (χ4v) is 3.53. The van der Waals surface area contributed by atoms with Crippen LogP contribution in [-0.2, 0) is 11.2 Å². The molecular formula is C21H32N6O. The summed E-state index contributed by atoms with van der Waals surface area (Å²) in [5, 5.41) is 7.52. The number of hydrogen-bond donors (Lipinski definition) is 1. The topological polar surface area (TPSA) is 75.9 Å². The number of carbonyl (C=O) groups excluding carboxylic acids is 1. The Labute approximate surface area is 167 Å². The second-order valence-corrected chi connectivity index (χ2v) is 8.60. The summed E-state index contributed by atoms with van der Waals surface area (Å²) >= 11 is 0. The molecule has 1 aliphatic rings. The fourth-order valence-electron chi connectivity index (χ4n) is 3.53. The third-order valence-electron chi connectivity index (χ3n) is 5.18. The number of hydrogen-bond acceptors (Lipinski definition) is 5. The van der Waals surface area contributed by atoms with E-state index in [0.29, 0.717) is 0 Å². The van der Waals surface area contributed by atoms with Crippen molar-refractivity contribution in [2.75, 3.05) is 23.3 Å². The van der Waals surface area contributed by atoms with E-state index in [1.807, 2.05) is 44.6 Å². The number of amides is 1. The number of anilines is 2. The summed E-state index contributed by atoms with van der Waals surface area (Å²) in [5.41, 5.74) is 0.794. The summed E-state index contributed by atoms with van der Waals surface area (Å²) in [6.07, 6.45) is 7.75. The van der Waals surface area contributed by atoms with Crippen molar-refractivity contribution >= 4 is 17.5 Å². The van der Waals surface area contributed by atoms with Crippen molar-refractivity contribution in [3.05, 3.63) is 29.8 Å². The molecule has 0 aliphatic carbocycles. The van der Waals surface area contributed by atoms with Gasteiger partial charge in [0.15, 0.2) is 0 Å². The number of carbonyl (C=O) groups is 1. The predicted molar refractivity (Wildman–Crippen MR) is 112 cm³/mol. The summed E-state index contributed by atoms with van der Waals surface area (Å²) in [4.78, 5) is 23.8. The molecule has 3 heterocycles. The van der Waals surface area contributed by atoms with Gasteiger partial charge in [-0.25, -0.2) is 14.6 Å². The lowest BCUT2D eigenvalue weighted by Gasteiger charge is -2.34. The average molecular weight is 385 g/mol. The van der Waals surface area contributed by atoms with E-state index in [1.54, 1.807) is 6.20 Å². The third kappa shape index (κ3) is 4.51. The molecule has 0 radical (unpaired) electrons. The molecule has 2 aromatic rings. The van der Waals surface area contributed by atoms with Crippen LogP contribution in [-0.4, -0.2) is 38.7 Å². The minimum Gasteiger partial charge on any atom is -0.356 e. The van der Waals surface area contributed by atoms with E-state index in [0.717, 1.165) is 56.2 Å². The Morgan fingerprint density at radius 2 is 2.00 bits per heavy atom. The molecule has 2 aromatic heterocycles. The Balaban J connectivity index is 1.70. The number of piperidine rings is 1. The summed E-state index contributed by atoms with van der Waals surface area (Å²) in [6.45, 7) is 11.7. The Hall–Kier alpha value is -2.44. The first-order chi connectivity index (χ1) is 13.3. The second-order valence-electron chi connectivity index (χ2n) is 8.60. The van der Waals surface area contributed by atoms with E-state index in [-0.39, 0.29) is 11.9 Å². The van der Waals surface area contributed by atoms with Crippen molar-refractivity contribution in [3.63, 3.8) is 0 Å². The van der Waals surface area contributed by atoms with Crippen LogP contribution in [0.25, 0.3) is 0 Å². The molecule has 1 aliphatic heterocycles. The zero-order valence-corrected chi connectivity index (χ0v) is 17.7. The molecule has 3 rings (SSSR count). The van der Waals surface area contributed by atoms with Gasteiger partial charge in [-0.2, -0.15) is 5.10 Å². The minimum atomic E-state index is -0.432. The highest BCUT2D eigenvalue weighted by Crippen LogP contribution is 2.30. The predicted octanol–water partition coefficient (Wildman–Crippen LogP) is 3.76. The molecule has 1 amide bonds. The highest BCUT2D eigenvalue weighted by atomic mass is 16.2. The molecule has 1 fully saturated rings. The van der Waals surface area contributed by atoms with E-state index in [9.17, 15) is 4.79 Å². The third-order valence-corrected chi connectivity index (χ3v) is 5.18. The normalized spacial score (nSPS) is 15.7. The van der Waals surface area contributed by atoms with Gasteiger partial charge in [-0.1, -0.05) is 34.1 Å². The highest BCUT2D eigenvalue weighted by molar-refractivity contribution is 5.93. The molecular weight excluding hydrogens is 352 g/mol. The van der Waals surface area contributed by atoms with Crippen LogP contribution in [0.15, 0.2) is 18.5 Å². The largest absolute Gasteiger partial charge is 0.356 e. The first-order valence-electron chi connectivity index (χ1n) is 10.2. The lowest BCUT2D eigenvalue weighted by Crippen LogP contribution is -2.37. The van der Waals surface area contributed by atoms with Crippen LogP contribution >= 0.6 is 0 Å². The van der Waals surface area contributed by atoms with Gasteiger partial charge >= 0.3 is 0 Å². The van der Waals surface area contributed by atoms with Crippen LogP contribution in [0, 0.1) is 12.3 Å². The molecule has 0 spiro atoms. The zero-order valence-electron chi connectivity index (χ0n) is 17.7. The maximum atomic E-state index is 12.4. The molecule has 152 valence electrons. The molecule has 0 unspecified atom stereocenters. The molecule has 0 saturated carbocycles. The fraction of sp³-hybridized carbons (Fsp3) is 0.619. The van der Waals surface area contributed by atoms with Crippen molar-refractivity contribution in [3.8, 4) is 0 Å². The van der Waals surface area contributed by atoms with Crippen LogP contribution in [0.1, 0.15) is 64.4 Å². The van der Waals surface area contributed by atoms with E-state index in [4.69, 9.17) is 4.98 Å². The summed E-state index contributed by atoms with van der Waals surface area (Å²) in [7, 11) is 0. The first kappa shape index (κ1) is 20.3. The van der Waals surface area contributed by atoms with Crippen molar-refractivity contribution in [2.45, 2.75) is 66.3 Å². The molecule has 7 nitrogen and oxygen atoms in total. The van der Waals surface area contributed by atoms with E-state index in [1.165, 1.54) is 5.56 Å². The van der Waals surface area contributed by atoms with Crippen LogP contribution in [0.2, 0.25) is 0 Å². The van der Waals surface area contributed by atoms with Gasteiger partial charge in [0.05, 0.1) is 12.2 Å². The Morgan fingerprint density at radius 3 is 2.64 bits per heavy atom. The maximum Gasteiger partial charge on any atom is 0.230 e. The number of nitrogens with zero attached hydrogens (tertiary/aromatic N) is 5. The van der Waals surface area contributed by atoms with Gasteiger partial charge in [0.1, 0.15) is 17.5 Å². The smallest absolute Gasteiger partial charge is 0.230 e. The number of nitrogens with one attached hydrogen (secondary N) is 1. The summed E-state index contributed by atoms with van der Waals surface area (Å²) in [6, 6.07) is 2.16. The lowest BCUT2D eigenvalue weighted by molar-refractivity contribution is -0.123. The van der Waals surface area contributed by atoms with Crippen LogP contribution in [0.4, 0.5) is 11.6 Å². The Bertz CT molecular complexity index is 815. The van der Waals surface area contributed by atoms with E-state index in [2.05, 4.69) is 27.2 Å².